The zero-order valence-electron chi connectivity index (χ0n) is 14.8. The molecule has 2 aromatic carbocycles. The fourth-order valence-corrected chi connectivity index (χ4v) is 3.37. The number of benzene rings is 2. The molecule has 1 N–H and O–H groups in total. The number of anilines is 1. The minimum atomic E-state index is -0.165. The average Bonchev–Trinajstić information content (AvgIpc) is 2.58. The molecule has 0 saturated carbocycles. The molecule has 0 atom stereocenters. The van der Waals surface area contributed by atoms with Crippen molar-refractivity contribution < 1.29 is 4.79 Å². The van der Waals surface area contributed by atoms with Gasteiger partial charge < -0.3 is 5.32 Å². The van der Waals surface area contributed by atoms with Crippen LogP contribution in [-0.4, -0.2) is 24.4 Å². The lowest BCUT2D eigenvalue weighted by Crippen LogP contribution is -2.44. The number of amides is 1. The SMILES string of the molecule is CN1CCc2ccc(NC(=O)C=Cc3ccccc3Cl)cc2C1(C)C. The van der Waals surface area contributed by atoms with Crippen molar-refractivity contribution in [2.75, 3.05) is 18.9 Å². The van der Waals surface area contributed by atoms with Gasteiger partial charge >= 0.3 is 0 Å². The van der Waals surface area contributed by atoms with Crippen molar-refractivity contribution in [3.63, 3.8) is 0 Å². The van der Waals surface area contributed by atoms with Crippen LogP contribution < -0.4 is 5.32 Å². The second-order valence-corrected chi connectivity index (χ2v) is 7.35. The van der Waals surface area contributed by atoms with Crippen molar-refractivity contribution in [3.8, 4) is 0 Å². The van der Waals surface area contributed by atoms with Gasteiger partial charge in [-0.3, -0.25) is 9.69 Å². The summed E-state index contributed by atoms with van der Waals surface area (Å²) in [4.78, 5) is 14.6. The van der Waals surface area contributed by atoms with E-state index in [-0.39, 0.29) is 11.4 Å². The maximum atomic E-state index is 12.2. The standard InChI is InChI=1S/C21H23ClN2O/c1-21(2)18-14-17(10-8-15(18)12-13-24(21)3)23-20(25)11-9-16-6-4-5-7-19(16)22/h4-11,14H,12-13H2,1-3H3,(H,23,25). The van der Waals surface area contributed by atoms with E-state index in [9.17, 15) is 4.79 Å². The second-order valence-electron chi connectivity index (χ2n) is 6.95. The highest BCUT2D eigenvalue weighted by Gasteiger charge is 2.31. The molecule has 0 aliphatic carbocycles. The Bertz CT molecular complexity index is 826. The van der Waals surface area contributed by atoms with Crippen LogP contribution in [0.4, 0.5) is 5.69 Å². The first-order chi connectivity index (χ1) is 11.9. The van der Waals surface area contributed by atoms with Gasteiger partial charge in [-0.1, -0.05) is 35.9 Å². The summed E-state index contributed by atoms with van der Waals surface area (Å²) < 4.78 is 0. The fraction of sp³-hybridized carbons (Fsp3) is 0.286. The van der Waals surface area contributed by atoms with Crippen LogP contribution in [0.1, 0.15) is 30.5 Å². The third-order valence-electron chi connectivity index (χ3n) is 5.03. The van der Waals surface area contributed by atoms with Crippen LogP contribution in [-0.2, 0) is 16.8 Å². The van der Waals surface area contributed by atoms with Gasteiger partial charge in [-0.05, 0) is 68.3 Å². The smallest absolute Gasteiger partial charge is 0.248 e. The van der Waals surface area contributed by atoms with Gasteiger partial charge in [0.15, 0.2) is 0 Å². The van der Waals surface area contributed by atoms with E-state index in [0.29, 0.717) is 5.02 Å². The Morgan fingerprint density at radius 1 is 1.24 bits per heavy atom. The molecule has 0 bridgehead atoms. The van der Waals surface area contributed by atoms with Gasteiger partial charge in [0.25, 0.3) is 0 Å². The number of carbonyl (C=O) groups excluding carboxylic acids is 1. The summed E-state index contributed by atoms with van der Waals surface area (Å²) in [5.41, 5.74) is 4.23. The molecule has 130 valence electrons. The molecule has 4 heteroatoms. The summed E-state index contributed by atoms with van der Waals surface area (Å²) in [6.45, 7) is 5.48. The van der Waals surface area contributed by atoms with Crippen molar-refractivity contribution in [2.24, 2.45) is 0 Å². The van der Waals surface area contributed by atoms with Crippen molar-refractivity contribution in [2.45, 2.75) is 25.8 Å². The minimum absolute atomic E-state index is 0.0400. The van der Waals surface area contributed by atoms with Crippen LogP contribution in [0, 0.1) is 0 Å². The third-order valence-corrected chi connectivity index (χ3v) is 5.37. The summed E-state index contributed by atoms with van der Waals surface area (Å²) in [5, 5.41) is 3.58. The van der Waals surface area contributed by atoms with Crippen LogP contribution in [0.3, 0.4) is 0 Å². The lowest BCUT2D eigenvalue weighted by molar-refractivity contribution is -0.111. The molecule has 0 saturated heterocycles. The molecule has 0 radical (unpaired) electrons. The van der Waals surface area contributed by atoms with Crippen LogP contribution >= 0.6 is 11.6 Å². The summed E-state index contributed by atoms with van der Waals surface area (Å²) in [6, 6.07) is 13.6. The molecule has 0 aromatic heterocycles. The van der Waals surface area contributed by atoms with E-state index < -0.39 is 0 Å². The summed E-state index contributed by atoms with van der Waals surface area (Å²) in [6.07, 6.45) is 4.28. The van der Waals surface area contributed by atoms with Gasteiger partial charge in [0.2, 0.25) is 5.91 Å². The Hall–Kier alpha value is -2.10. The average molecular weight is 355 g/mol. The van der Waals surface area contributed by atoms with Gasteiger partial charge in [0, 0.05) is 28.9 Å². The molecule has 1 aliphatic heterocycles. The normalized spacial score (nSPS) is 16.6. The molecule has 0 unspecified atom stereocenters. The number of halogens is 1. The highest BCUT2D eigenvalue weighted by atomic mass is 35.5. The van der Waals surface area contributed by atoms with Crippen LogP contribution in [0.15, 0.2) is 48.5 Å². The summed E-state index contributed by atoms with van der Waals surface area (Å²) in [5.74, 6) is -0.165. The number of nitrogens with zero attached hydrogens (tertiary/aromatic N) is 1. The second kappa shape index (κ2) is 7.03. The van der Waals surface area contributed by atoms with E-state index in [1.54, 1.807) is 12.1 Å². The lowest BCUT2D eigenvalue weighted by Gasteiger charge is -2.41. The van der Waals surface area contributed by atoms with Gasteiger partial charge in [0.1, 0.15) is 0 Å². The predicted molar refractivity (Wildman–Crippen MR) is 105 cm³/mol. The number of likely N-dealkylation sites (N-methyl/N-ethyl adjacent to an activating group) is 1. The maximum absolute atomic E-state index is 12.2. The highest BCUT2D eigenvalue weighted by Crippen LogP contribution is 2.35. The quantitative estimate of drug-likeness (QED) is 0.809. The molecular formula is C21H23ClN2O. The molecule has 25 heavy (non-hydrogen) atoms. The molecule has 0 fully saturated rings. The Balaban J connectivity index is 1.77. The largest absolute Gasteiger partial charge is 0.323 e. The van der Waals surface area contributed by atoms with Crippen molar-refractivity contribution in [1.29, 1.82) is 0 Å². The molecular weight excluding hydrogens is 332 g/mol. The zero-order chi connectivity index (χ0) is 18.0. The summed E-state index contributed by atoms with van der Waals surface area (Å²) >= 11 is 6.10. The van der Waals surface area contributed by atoms with E-state index in [1.807, 2.05) is 24.3 Å². The van der Waals surface area contributed by atoms with Crippen LogP contribution in [0.5, 0.6) is 0 Å². The Morgan fingerprint density at radius 2 is 2.00 bits per heavy atom. The maximum Gasteiger partial charge on any atom is 0.248 e. The van der Waals surface area contributed by atoms with Gasteiger partial charge in [-0.15, -0.1) is 0 Å². The fourth-order valence-electron chi connectivity index (χ4n) is 3.17. The van der Waals surface area contributed by atoms with E-state index in [1.165, 1.54) is 17.2 Å². The zero-order valence-corrected chi connectivity index (χ0v) is 15.6. The molecule has 3 rings (SSSR count). The first kappa shape index (κ1) is 17.7. The number of hydrogen-bond acceptors (Lipinski definition) is 2. The molecule has 1 amide bonds. The molecule has 0 spiro atoms. The highest BCUT2D eigenvalue weighted by molar-refractivity contribution is 6.32. The van der Waals surface area contributed by atoms with E-state index >= 15 is 0 Å². The first-order valence-electron chi connectivity index (χ1n) is 8.46. The number of hydrogen-bond donors (Lipinski definition) is 1. The Morgan fingerprint density at radius 3 is 2.76 bits per heavy atom. The number of fused-ring (bicyclic) bond motifs is 1. The van der Waals surface area contributed by atoms with E-state index in [2.05, 4.69) is 43.2 Å². The van der Waals surface area contributed by atoms with E-state index in [0.717, 1.165) is 24.2 Å². The number of carbonyl (C=O) groups is 1. The van der Waals surface area contributed by atoms with Gasteiger partial charge in [-0.2, -0.15) is 0 Å². The van der Waals surface area contributed by atoms with Crippen molar-refractivity contribution in [1.82, 2.24) is 4.90 Å². The monoisotopic (exact) mass is 354 g/mol. The topological polar surface area (TPSA) is 32.3 Å². The number of nitrogens with one attached hydrogen (secondary N) is 1. The molecule has 2 aromatic rings. The predicted octanol–water partition coefficient (Wildman–Crippen LogP) is 4.71. The first-order valence-corrected chi connectivity index (χ1v) is 8.84. The lowest BCUT2D eigenvalue weighted by atomic mass is 9.83. The third kappa shape index (κ3) is 3.78. The Labute approximate surface area is 154 Å². The van der Waals surface area contributed by atoms with Crippen molar-refractivity contribution in [3.05, 3.63) is 70.3 Å². The molecule has 1 heterocycles. The van der Waals surface area contributed by atoms with Gasteiger partial charge in [0.05, 0.1) is 0 Å². The molecule has 1 aliphatic rings. The van der Waals surface area contributed by atoms with Crippen LogP contribution in [0.2, 0.25) is 5.02 Å². The summed E-state index contributed by atoms with van der Waals surface area (Å²) in [7, 11) is 2.14. The Kier molecular flexibility index (Phi) is 4.98. The van der Waals surface area contributed by atoms with Crippen LogP contribution in [0.25, 0.3) is 6.08 Å². The van der Waals surface area contributed by atoms with E-state index in [4.69, 9.17) is 11.6 Å². The number of rotatable bonds is 3. The minimum Gasteiger partial charge on any atom is -0.323 e. The van der Waals surface area contributed by atoms with Crippen molar-refractivity contribution >= 4 is 29.3 Å². The van der Waals surface area contributed by atoms with Gasteiger partial charge in [-0.25, -0.2) is 0 Å². The molecule has 3 nitrogen and oxygen atoms in total.